The van der Waals surface area contributed by atoms with E-state index in [9.17, 15) is 13.2 Å². The highest BCUT2D eigenvalue weighted by Crippen LogP contribution is 2.44. The number of thiocarbonyl (C=S) groups is 1. The molecule has 8 heteroatoms. The summed E-state index contributed by atoms with van der Waals surface area (Å²) >= 11 is 10.9. The van der Waals surface area contributed by atoms with E-state index in [0.717, 1.165) is 0 Å². The first-order chi connectivity index (χ1) is 12.3. The highest BCUT2D eigenvalue weighted by molar-refractivity contribution is 7.80. The number of para-hydroxylation sites is 1. The van der Waals surface area contributed by atoms with E-state index < -0.39 is 11.7 Å². The van der Waals surface area contributed by atoms with Crippen LogP contribution < -0.4 is 15.4 Å². The third-order valence-corrected chi connectivity index (χ3v) is 4.29. The highest BCUT2D eigenvalue weighted by atomic mass is 35.5. The van der Waals surface area contributed by atoms with Crippen LogP contribution in [0.2, 0.25) is 5.02 Å². The second kappa shape index (κ2) is 6.71. The quantitative estimate of drug-likeness (QED) is 0.551. The Morgan fingerprint density at radius 2 is 1.92 bits per heavy atom. The number of rotatable bonds is 1. The van der Waals surface area contributed by atoms with Crippen LogP contribution in [0.4, 0.5) is 18.9 Å². The van der Waals surface area contributed by atoms with Crippen LogP contribution in [0.25, 0.3) is 0 Å². The van der Waals surface area contributed by atoms with Crippen molar-refractivity contribution in [1.29, 1.82) is 0 Å². The zero-order valence-corrected chi connectivity index (χ0v) is 14.9. The van der Waals surface area contributed by atoms with Crippen molar-refractivity contribution in [3.05, 3.63) is 58.6 Å². The molecule has 1 atom stereocenters. The molecule has 3 nitrogen and oxygen atoms in total. The van der Waals surface area contributed by atoms with Gasteiger partial charge in [-0.05, 0) is 42.5 Å². The number of anilines is 1. The summed E-state index contributed by atoms with van der Waals surface area (Å²) < 4.78 is 47.6. The Labute approximate surface area is 158 Å². The van der Waals surface area contributed by atoms with E-state index in [0.29, 0.717) is 11.3 Å². The predicted octanol–water partition coefficient (Wildman–Crippen LogP) is 4.46. The van der Waals surface area contributed by atoms with Crippen LogP contribution in [0.1, 0.15) is 11.1 Å². The topological polar surface area (TPSA) is 33.3 Å². The van der Waals surface area contributed by atoms with Gasteiger partial charge in [-0.2, -0.15) is 13.2 Å². The fraction of sp³-hybridized carbons (Fsp3) is 0.167. The van der Waals surface area contributed by atoms with Gasteiger partial charge in [-0.25, -0.2) is 0 Å². The van der Waals surface area contributed by atoms with Crippen molar-refractivity contribution in [2.75, 3.05) is 12.4 Å². The number of fused-ring (bicyclic) bond motifs is 1. The van der Waals surface area contributed by atoms with Gasteiger partial charge in [0.1, 0.15) is 5.75 Å². The Bertz CT molecular complexity index is 936. The zero-order valence-electron chi connectivity index (χ0n) is 13.4. The van der Waals surface area contributed by atoms with Gasteiger partial charge in [-0.3, -0.25) is 0 Å². The summed E-state index contributed by atoms with van der Waals surface area (Å²) in [5.74, 6) is 5.28. The molecule has 134 valence electrons. The molecule has 0 saturated carbocycles. The van der Waals surface area contributed by atoms with E-state index in [4.69, 9.17) is 28.6 Å². The molecule has 0 aromatic heterocycles. The lowest BCUT2D eigenvalue weighted by Gasteiger charge is -2.38. The minimum atomic E-state index is -4.76. The lowest BCUT2D eigenvalue weighted by atomic mass is 9.86. The van der Waals surface area contributed by atoms with Crippen molar-refractivity contribution in [3.8, 4) is 17.6 Å². The number of benzene rings is 2. The molecule has 0 saturated heterocycles. The molecule has 1 aliphatic rings. The third-order valence-electron chi connectivity index (χ3n) is 3.85. The largest absolute Gasteiger partial charge is 0.495 e. The van der Waals surface area contributed by atoms with Crippen molar-refractivity contribution in [1.82, 2.24) is 5.32 Å². The van der Waals surface area contributed by atoms with Crippen molar-refractivity contribution in [2.24, 2.45) is 0 Å². The van der Waals surface area contributed by atoms with Crippen molar-refractivity contribution < 1.29 is 17.9 Å². The van der Waals surface area contributed by atoms with E-state index in [2.05, 4.69) is 22.5 Å². The SMILES string of the molecule is COc1ccccc1C#CC1(C(F)(F)F)NC(=S)Nc2ccc(Cl)cc21. The van der Waals surface area contributed by atoms with Gasteiger partial charge in [-0.1, -0.05) is 35.6 Å². The van der Waals surface area contributed by atoms with Gasteiger partial charge in [0.25, 0.3) is 0 Å². The van der Waals surface area contributed by atoms with Gasteiger partial charge in [0.2, 0.25) is 5.54 Å². The molecule has 2 aromatic carbocycles. The molecule has 1 heterocycles. The maximum atomic E-state index is 14.1. The Kier molecular flexibility index (Phi) is 4.74. The molecule has 1 aliphatic heterocycles. The average molecular weight is 397 g/mol. The molecule has 1 unspecified atom stereocenters. The fourth-order valence-corrected chi connectivity index (χ4v) is 3.06. The van der Waals surface area contributed by atoms with Gasteiger partial charge in [0, 0.05) is 16.3 Å². The van der Waals surface area contributed by atoms with Crippen LogP contribution in [0.3, 0.4) is 0 Å². The normalized spacial score (nSPS) is 18.7. The van der Waals surface area contributed by atoms with Gasteiger partial charge in [0.05, 0.1) is 12.7 Å². The monoisotopic (exact) mass is 396 g/mol. The molecule has 0 aliphatic carbocycles. The van der Waals surface area contributed by atoms with Crippen LogP contribution in [-0.4, -0.2) is 18.4 Å². The maximum Gasteiger partial charge on any atom is 0.427 e. The van der Waals surface area contributed by atoms with Crippen LogP contribution in [0.5, 0.6) is 5.75 Å². The number of hydrogen-bond acceptors (Lipinski definition) is 2. The van der Waals surface area contributed by atoms with E-state index in [1.807, 2.05) is 0 Å². The van der Waals surface area contributed by atoms with E-state index in [1.165, 1.54) is 25.3 Å². The van der Waals surface area contributed by atoms with Gasteiger partial charge in [-0.15, -0.1) is 0 Å². The smallest absolute Gasteiger partial charge is 0.427 e. The van der Waals surface area contributed by atoms with Crippen molar-refractivity contribution >= 4 is 34.6 Å². The molecular formula is C18H12ClF3N2OS. The molecule has 2 aromatic rings. The van der Waals surface area contributed by atoms with E-state index in [-0.39, 0.29) is 21.4 Å². The molecule has 0 spiro atoms. The highest BCUT2D eigenvalue weighted by Gasteiger charge is 2.58. The summed E-state index contributed by atoms with van der Waals surface area (Å²) in [6.07, 6.45) is -4.76. The van der Waals surface area contributed by atoms with Crippen LogP contribution in [0.15, 0.2) is 42.5 Å². The maximum absolute atomic E-state index is 14.1. The average Bonchev–Trinajstić information content (AvgIpc) is 2.59. The summed E-state index contributed by atoms with van der Waals surface area (Å²) in [4.78, 5) is 0. The summed E-state index contributed by atoms with van der Waals surface area (Å²) in [5.41, 5.74) is -2.32. The Morgan fingerprint density at radius 3 is 2.62 bits per heavy atom. The Hall–Kier alpha value is -2.43. The summed E-state index contributed by atoms with van der Waals surface area (Å²) in [6.45, 7) is 0. The first-order valence-electron chi connectivity index (χ1n) is 7.39. The number of ether oxygens (including phenoxy) is 1. The molecule has 0 amide bonds. The molecule has 0 fully saturated rings. The number of nitrogens with one attached hydrogen (secondary N) is 2. The lowest BCUT2D eigenvalue weighted by Crippen LogP contribution is -2.59. The van der Waals surface area contributed by atoms with Crippen LogP contribution >= 0.6 is 23.8 Å². The minimum absolute atomic E-state index is 0.145. The third kappa shape index (κ3) is 3.18. The molecule has 0 bridgehead atoms. The number of methoxy groups -OCH3 is 1. The van der Waals surface area contributed by atoms with Crippen molar-refractivity contribution in [2.45, 2.75) is 11.7 Å². The first-order valence-corrected chi connectivity index (χ1v) is 8.17. The van der Waals surface area contributed by atoms with Gasteiger partial charge in [0.15, 0.2) is 5.11 Å². The summed E-state index contributed by atoms with van der Waals surface area (Å²) in [5, 5.41) is 4.97. The second-order valence-corrected chi connectivity index (χ2v) is 6.31. The van der Waals surface area contributed by atoms with Crippen molar-refractivity contribution in [3.63, 3.8) is 0 Å². The second-order valence-electron chi connectivity index (χ2n) is 5.47. The molecule has 0 radical (unpaired) electrons. The number of alkyl halides is 3. The predicted molar refractivity (Wildman–Crippen MR) is 98.4 cm³/mol. The summed E-state index contributed by atoms with van der Waals surface area (Å²) in [7, 11) is 1.42. The summed E-state index contributed by atoms with van der Waals surface area (Å²) in [6, 6.07) is 10.7. The Morgan fingerprint density at radius 1 is 1.19 bits per heavy atom. The fourth-order valence-electron chi connectivity index (χ4n) is 2.63. The zero-order chi connectivity index (χ0) is 18.9. The molecule has 3 rings (SSSR count). The van der Waals surface area contributed by atoms with E-state index in [1.54, 1.807) is 24.3 Å². The number of hydrogen-bond donors (Lipinski definition) is 2. The van der Waals surface area contributed by atoms with Gasteiger partial charge >= 0.3 is 6.18 Å². The molecule has 2 N–H and O–H groups in total. The molecular weight excluding hydrogens is 385 g/mol. The van der Waals surface area contributed by atoms with Gasteiger partial charge < -0.3 is 15.4 Å². The minimum Gasteiger partial charge on any atom is -0.495 e. The Balaban J connectivity index is 2.24. The standard InChI is InChI=1S/C18H12ClF3N2OS/c1-25-15-5-3-2-4-11(15)8-9-17(18(20,21)22)13-10-12(19)6-7-14(13)23-16(26)24-17/h2-7,10H,1H3,(H2,23,24,26). The number of halogens is 4. The lowest BCUT2D eigenvalue weighted by molar-refractivity contribution is -0.177. The van der Waals surface area contributed by atoms with E-state index >= 15 is 0 Å². The first kappa shape index (κ1) is 18.4. The van der Waals surface area contributed by atoms with Crippen LogP contribution in [0, 0.1) is 11.8 Å². The molecule has 26 heavy (non-hydrogen) atoms. The van der Waals surface area contributed by atoms with Crippen LogP contribution in [-0.2, 0) is 5.54 Å².